The molecule has 2 atom stereocenters. The predicted molar refractivity (Wildman–Crippen MR) is 51.7 cm³/mol. The maximum absolute atomic E-state index is 9.55. The summed E-state index contributed by atoms with van der Waals surface area (Å²) < 4.78 is 0. The van der Waals surface area contributed by atoms with Crippen LogP contribution in [0.1, 0.15) is 18.6 Å². The van der Waals surface area contributed by atoms with Crippen molar-refractivity contribution in [1.82, 2.24) is 0 Å². The highest BCUT2D eigenvalue weighted by atomic mass is 35.5. The van der Waals surface area contributed by atoms with Gasteiger partial charge in [0, 0.05) is 6.04 Å². The van der Waals surface area contributed by atoms with Crippen LogP contribution < -0.4 is 5.73 Å². The van der Waals surface area contributed by atoms with Crippen LogP contribution in [0, 0.1) is 0 Å². The molecule has 3 nitrogen and oxygen atoms in total. The highest BCUT2D eigenvalue weighted by Gasteiger charge is 2.13. The highest BCUT2D eigenvalue weighted by molar-refractivity contribution is 6.32. The van der Waals surface area contributed by atoms with Gasteiger partial charge in [-0.1, -0.05) is 17.7 Å². The van der Waals surface area contributed by atoms with Gasteiger partial charge >= 0.3 is 0 Å². The number of aliphatic hydroxyl groups is 1. The summed E-state index contributed by atoms with van der Waals surface area (Å²) in [6.07, 6.45) is -0.752. The van der Waals surface area contributed by atoms with Crippen molar-refractivity contribution in [1.29, 1.82) is 0 Å². The number of halogens is 1. The molecule has 0 bridgehead atoms. The van der Waals surface area contributed by atoms with Crippen LogP contribution in [0.4, 0.5) is 0 Å². The van der Waals surface area contributed by atoms with Gasteiger partial charge in [0.2, 0.25) is 0 Å². The monoisotopic (exact) mass is 201 g/mol. The van der Waals surface area contributed by atoms with Crippen LogP contribution in [0.25, 0.3) is 0 Å². The van der Waals surface area contributed by atoms with Gasteiger partial charge in [-0.15, -0.1) is 0 Å². The normalized spacial score (nSPS) is 15.4. The van der Waals surface area contributed by atoms with Crippen LogP contribution in [0.3, 0.4) is 0 Å². The summed E-state index contributed by atoms with van der Waals surface area (Å²) >= 11 is 5.66. The number of hydrogen-bond donors (Lipinski definition) is 3. The standard InChI is InChI=1S/C9H12ClNO2/c1-5(11)9(13)6-2-3-8(12)7(10)4-6/h2-5,9,12-13H,11H2,1H3. The van der Waals surface area contributed by atoms with Gasteiger partial charge in [0.1, 0.15) is 5.75 Å². The summed E-state index contributed by atoms with van der Waals surface area (Å²) in [5, 5.41) is 18.9. The smallest absolute Gasteiger partial charge is 0.134 e. The zero-order valence-electron chi connectivity index (χ0n) is 7.24. The average Bonchev–Trinajstić information content (AvgIpc) is 2.08. The quantitative estimate of drug-likeness (QED) is 0.678. The van der Waals surface area contributed by atoms with Crippen molar-refractivity contribution >= 4 is 11.6 Å². The second-order valence-corrected chi connectivity index (χ2v) is 3.42. The summed E-state index contributed by atoms with van der Waals surface area (Å²) in [4.78, 5) is 0. The summed E-state index contributed by atoms with van der Waals surface area (Å²) in [6.45, 7) is 1.70. The summed E-state index contributed by atoms with van der Waals surface area (Å²) in [5.41, 5.74) is 6.11. The van der Waals surface area contributed by atoms with Crippen LogP contribution >= 0.6 is 11.6 Å². The maximum atomic E-state index is 9.55. The van der Waals surface area contributed by atoms with E-state index in [1.165, 1.54) is 12.1 Å². The molecule has 0 amide bonds. The van der Waals surface area contributed by atoms with Crippen molar-refractivity contribution in [2.75, 3.05) is 0 Å². The van der Waals surface area contributed by atoms with E-state index in [2.05, 4.69) is 0 Å². The number of aliphatic hydroxyl groups excluding tert-OH is 1. The number of benzene rings is 1. The first-order valence-electron chi connectivity index (χ1n) is 3.94. The third-order valence-corrected chi connectivity index (χ3v) is 2.11. The number of rotatable bonds is 2. The molecule has 0 spiro atoms. The molecule has 0 fully saturated rings. The summed E-state index contributed by atoms with van der Waals surface area (Å²) in [6, 6.07) is 4.17. The molecule has 1 aromatic carbocycles. The van der Waals surface area contributed by atoms with Crippen LogP contribution in [-0.4, -0.2) is 16.3 Å². The number of phenols is 1. The molecule has 4 heteroatoms. The minimum Gasteiger partial charge on any atom is -0.506 e. The van der Waals surface area contributed by atoms with E-state index in [0.29, 0.717) is 5.56 Å². The molecule has 13 heavy (non-hydrogen) atoms. The molecule has 2 unspecified atom stereocenters. The zero-order valence-corrected chi connectivity index (χ0v) is 7.99. The third-order valence-electron chi connectivity index (χ3n) is 1.81. The van der Waals surface area contributed by atoms with Crippen LogP contribution in [0.15, 0.2) is 18.2 Å². The molecule has 0 radical (unpaired) electrons. The SMILES string of the molecule is CC(N)C(O)c1ccc(O)c(Cl)c1. The maximum Gasteiger partial charge on any atom is 0.134 e. The van der Waals surface area contributed by atoms with Gasteiger partial charge in [-0.3, -0.25) is 0 Å². The first-order valence-corrected chi connectivity index (χ1v) is 4.32. The van der Waals surface area contributed by atoms with Crippen LogP contribution in [0.5, 0.6) is 5.75 Å². The summed E-state index contributed by atoms with van der Waals surface area (Å²) in [7, 11) is 0. The van der Waals surface area contributed by atoms with Crippen molar-refractivity contribution in [2.45, 2.75) is 19.1 Å². The average molecular weight is 202 g/mol. The third kappa shape index (κ3) is 2.34. The predicted octanol–water partition coefficient (Wildman–Crippen LogP) is 1.43. The molecule has 0 aliphatic carbocycles. The van der Waals surface area contributed by atoms with Crippen LogP contribution in [-0.2, 0) is 0 Å². The Bertz CT molecular complexity index is 302. The van der Waals surface area contributed by atoms with E-state index in [-0.39, 0.29) is 16.8 Å². The Balaban J connectivity index is 2.97. The first kappa shape index (κ1) is 10.3. The lowest BCUT2D eigenvalue weighted by atomic mass is 10.0. The number of hydrogen-bond acceptors (Lipinski definition) is 3. The van der Waals surface area contributed by atoms with Crippen molar-refractivity contribution in [2.24, 2.45) is 5.73 Å². The van der Waals surface area contributed by atoms with E-state index in [1.807, 2.05) is 0 Å². The largest absolute Gasteiger partial charge is 0.506 e. The second kappa shape index (κ2) is 3.96. The van der Waals surface area contributed by atoms with Gasteiger partial charge in [0.05, 0.1) is 11.1 Å². The number of nitrogens with two attached hydrogens (primary N) is 1. The number of phenolic OH excluding ortho intramolecular Hbond substituents is 1. The molecule has 0 saturated heterocycles. The fourth-order valence-electron chi connectivity index (χ4n) is 1.01. The Morgan fingerprint density at radius 2 is 2.08 bits per heavy atom. The Morgan fingerprint density at radius 3 is 2.54 bits per heavy atom. The van der Waals surface area contributed by atoms with E-state index in [0.717, 1.165) is 0 Å². The fourth-order valence-corrected chi connectivity index (χ4v) is 1.20. The number of aromatic hydroxyl groups is 1. The first-order chi connectivity index (χ1) is 6.02. The van der Waals surface area contributed by atoms with E-state index < -0.39 is 6.10 Å². The van der Waals surface area contributed by atoms with Crippen molar-refractivity contribution in [3.63, 3.8) is 0 Å². The lowest BCUT2D eigenvalue weighted by molar-refractivity contribution is 0.153. The van der Waals surface area contributed by atoms with Gasteiger partial charge in [-0.05, 0) is 24.6 Å². The lowest BCUT2D eigenvalue weighted by Gasteiger charge is -2.14. The molecule has 0 heterocycles. The molecule has 1 aromatic rings. The molecule has 72 valence electrons. The molecule has 0 aliphatic heterocycles. The van der Waals surface area contributed by atoms with Crippen molar-refractivity contribution in [3.05, 3.63) is 28.8 Å². The zero-order chi connectivity index (χ0) is 10.0. The van der Waals surface area contributed by atoms with Gasteiger partial charge in [-0.25, -0.2) is 0 Å². The lowest BCUT2D eigenvalue weighted by Crippen LogP contribution is -2.24. The topological polar surface area (TPSA) is 66.5 Å². The van der Waals surface area contributed by atoms with Gasteiger partial charge in [0.15, 0.2) is 0 Å². The van der Waals surface area contributed by atoms with E-state index in [1.54, 1.807) is 13.0 Å². The molecule has 0 aromatic heterocycles. The highest BCUT2D eigenvalue weighted by Crippen LogP contribution is 2.27. The van der Waals surface area contributed by atoms with E-state index in [9.17, 15) is 5.11 Å². The Morgan fingerprint density at radius 1 is 1.46 bits per heavy atom. The minimum absolute atomic E-state index is 0.00212. The van der Waals surface area contributed by atoms with Gasteiger partial charge < -0.3 is 15.9 Å². The van der Waals surface area contributed by atoms with Gasteiger partial charge in [-0.2, -0.15) is 0 Å². The fraction of sp³-hybridized carbons (Fsp3) is 0.333. The molecule has 0 aliphatic rings. The van der Waals surface area contributed by atoms with E-state index >= 15 is 0 Å². The van der Waals surface area contributed by atoms with Crippen molar-refractivity contribution in [3.8, 4) is 5.75 Å². The van der Waals surface area contributed by atoms with E-state index in [4.69, 9.17) is 22.4 Å². The van der Waals surface area contributed by atoms with Crippen LogP contribution in [0.2, 0.25) is 5.02 Å². The molecule has 1 rings (SSSR count). The molecular weight excluding hydrogens is 190 g/mol. The Kier molecular flexibility index (Phi) is 3.14. The Hall–Kier alpha value is -0.770. The molecule has 0 saturated carbocycles. The minimum atomic E-state index is -0.752. The second-order valence-electron chi connectivity index (χ2n) is 3.01. The van der Waals surface area contributed by atoms with Gasteiger partial charge in [0.25, 0.3) is 0 Å². The molecular formula is C9H12ClNO2. The summed E-state index contributed by atoms with van der Waals surface area (Å²) in [5.74, 6) is 0.00212. The van der Waals surface area contributed by atoms with Crippen molar-refractivity contribution < 1.29 is 10.2 Å². The Labute approximate surface area is 81.8 Å². The molecule has 4 N–H and O–H groups in total.